The first-order chi connectivity index (χ1) is 16.5. The molecule has 4 aliphatic rings. The van der Waals surface area contributed by atoms with Gasteiger partial charge in [-0.3, -0.25) is 9.59 Å². The number of piperazine rings is 1. The van der Waals surface area contributed by atoms with Crippen molar-refractivity contribution in [2.24, 2.45) is 11.8 Å². The average molecular weight is 483 g/mol. The Labute approximate surface area is 201 Å². The Morgan fingerprint density at radius 3 is 2.68 bits per heavy atom. The number of nitrogens with zero attached hydrogens (tertiary/aromatic N) is 3. The monoisotopic (exact) mass is 482 g/mol. The van der Waals surface area contributed by atoms with Gasteiger partial charge < -0.3 is 19.7 Å². The second kappa shape index (κ2) is 8.43. The Hall–Kier alpha value is -2.84. The van der Waals surface area contributed by atoms with Crippen LogP contribution in [0.4, 0.5) is 0 Å². The molecule has 8 nitrogen and oxygen atoms in total. The summed E-state index contributed by atoms with van der Waals surface area (Å²) in [6.45, 7) is 0.892. The summed E-state index contributed by atoms with van der Waals surface area (Å²) in [6.07, 6.45) is 9.35. The Bertz CT molecular complexity index is 1250. The maximum atomic E-state index is 12.9. The topological polar surface area (TPSA) is 100 Å². The molecular formula is C25H27ClN4O4. The molecule has 2 amide bonds. The van der Waals surface area contributed by atoms with Crippen molar-refractivity contribution >= 4 is 28.9 Å². The predicted molar refractivity (Wildman–Crippen MR) is 126 cm³/mol. The highest BCUT2D eigenvalue weighted by Gasteiger charge is 2.47. The summed E-state index contributed by atoms with van der Waals surface area (Å²) in [4.78, 5) is 26.0. The van der Waals surface area contributed by atoms with Crippen LogP contribution in [0, 0.1) is 11.8 Å². The van der Waals surface area contributed by atoms with Crippen LogP contribution in [0.3, 0.4) is 0 Å². The SMILES string of the molecule is O=C1CN(C(=O)c2nn3c(-c4ccoc4)cc(C4CC4)cc3c2Cl)CCN1.O[C@@H]1CCC2C[C@@H]21. The van der Waals surface area contributed by atoms with Gasteiger partial charge in [0.2, 0.25) is 5.91 Å². The molecule has 178 valence electrons. The van der Waals surface area contributed by atoms with Crippen LogP contribution in [0.15, 0.2) is 35.1 Å². The second-order valence-electron chi connectivity index (χ2n) is 9.80. The fourth-order valence-electron chi connectivity index (χ4n) is 5.18. The quantitative estimate of drug-likeness (QED) is 0.595. The van der Waals surface area contributed by atoms with E-state index in [4.69, 9.17) is 21.1 Å². The molecule has 1 saturated heterocycles. The van der Waals surface area contributed by atoms with Crippen molar-refractivity contribution in [1.29, 1.82) is 0 Å². The van der Waals surface area contributed by atoms with Crippen LogP contribution in [-0.2, 0) is 4.79 Å². The van der Waals surface area contributed by atoms with Crippen molar-refractivity contribution in [3.63, 3.8) is 0 Å². The summed E-state index contributed by atoms with van der Waals surface area (Å²) in [7, 11) is 0. The molecule has 7 rings (SSSR count). The van der Waals surface area contributed by atoms with E-state index in [1.165, 1.54) is 23.3 Å². The molecule has 4 fully saturated rings. The van der Waals surface area contributed by atoms with E-state index in [0.29, 0.717) is 29.5 Å². The number of rotatable bonds is 3. The van der Waals surface area contributed by atoms with E-state index in [-0.39, 0.29) is 30.2 Å². The number of carbonyl (C=O) groups excluding carboxylic acids is 2. The van der Waals surface area contributed by atoms with Crippen molar-refractivity contribution < 1.29 is 19.1 Å². The van der Waals surface area contributed by atoms with Gasteiger partial charge in [0.1, 0.15) is 0 Å². The molecule has 0 spiro atoms. The molecule has 3 aromatic heterocycles. The normalized spacial score (nSPS) is 25.5. The van der Waals surface area contributed by atoms with E-state index in [1.54, 1.807) is 17.0 Å². The van der Waals surface area contributed by atoms with Crippen molar-refractivity contribution in [1.82, 2.24) is 19.8 Å². The fraction of sp³-hybridized carbons (Fsp3) is 0.480. The summed E-state index contributed by atoms with van der Waals surface area (Å²) in [6, 6.07) is 5.95. The van der Waals surface area contributed by atoms with Crippen LogP contribution in [0.1, 0.15) is 54.1 Å². The van der Waals surface area contributed by atoms with Crippen molar-refractivity contribution in [2.75, 3.05) is 19.6 Å². The summed E-state index contributed by atoms with van der Waals surface area (Å²) >= 11 is 6.58. The highest BCUT2D eigenvalue weighted by Crippen LogP contribution is 2.51. The van der Waals surface area contributed by atoms with Gasteiger partial charge in [-0.15, -0.1) is 0 Å². The lowest BCUT2D eigenvalue weighted by Crippen LogP contribution is -2.50. The van der Waals surface area contributed by atoms with Crippen LogP contribution in [0.25, 0.3) is 16.8 Å². The molecule has 3 saturated carbocycles. The van der Waals surface area contributed by atoms with Crippen LogP contribution in [0.5, 0.6) is 0 Å². The lowest BCUT2D eigenvalue weighted by molar-refractivity contribution is -0.123. The molecule has 0 radical (unpaired) electrons. The number of amides is 2. The fourth-order valence-corrected chi connectivity index (χ4v) is 5.43. The first-order valence-electron chi connectivity index (χ1n) is 12.0. The number of aliphatic hydroxyl groups is 1. The zero-order valence-electron chi connectivity index (χ0n) is 18.7. The van der Waals surface area contributed by atoms with E-state index in [2.05, 4.69) is 16.5 Å². The van der Waals surface area contributed by atoms with E-state index in [1.807, 2.05) is 12.1 Å². The number of fused-ring (bicyclic) bond motifs is 2. The van der Waals surface area contributed by atoms with Gasteiger partial charge in [-0.2, -0.15) is 5.10 Å². The molecular weight excluding hydrogens is 456 g/mol. The smallest absolute Gasteiger partial charge is 0.276 e. The Morgan fingerprint density at radius 1 is 1.24 bits per heavy atom. The highest BCUT2D eigenvalue weighted by atomic mass is 35.5. The third-order valence-electron chi connectivity index (χ3n) is 7.39. The summed E-state index contributed by atoms with van der Waals surface area (Å²) < 4.78 is 6.92. The molecule has 4 heterocycles. The van der Waals surface area contributed by atoms with Crippen LogP contribution in [-0.4, -0.2) is 57.2 Å². The van der Waals surface area contributed by atoms with Crippen molar-refractivity contribution in [3.8, 4) is 11.3 Å². The minimum absolute atomic E-state index is 0.0188. The third-order valence-corrected chi connectivity index (χ3v) is 7.77. The molecule has 9 heteroatoms. The predicted octanol–water partition coefficient (Wildman–Crippen LogP) is 3.47. The molecule has 0 aromatic carbocycles. The van der Waals surface area contributed by atoms with E-state index in [9.17, 15) is 9.59 Å². The Balaban J connectivity index is 0.000000263. The van der Waals surface area contributed by atoms with Crippen LogP contribution in [0.2, 0.25) is 5.02 Å². The lowest BCUT2D eigenvalue weighted by atomic mass is 10.1. The number of hydrogen-bond donors (Lipinski definition) is 2. The number of furan rings is 1. The molecule has 34 heavy (non-hydrogen) atoms. The Kier molecular flexibility index (Phi) is 5.37. The van der Waals surface area contributed by atoms with Gasteiger partial charge >= 0.3 is 0 Å². The summed E-state index contributed by atoms with van der Waals surface area (Å²) in [5.41, 5.74) is 3.77. The standard InChI is InChI=1S/C19H17ClN4O3.C6H10O/c20-17-15-8-13(11-1-2-11)7-14(12-3-6-27-10-12)24(15)22-18(17)19(26)23-5-4-21-16(25)9-23;7-6-2-1-4-3-5(4)6/h3,6-8,10-11H,1-2,4-5,9H2,(H,21,25);4-7H,1-3H2/t;4?,5-,6+/m.0/s1. The third kappa shape index (κ3) is 3.99. The summed E-state index contributed by atoms with van der Waals surface area (Å²) in [5, 5.41) is 16.6. The number of halogens is 1. The van der Waals surface area contributed by atoms with Gasteiger partial charge in [0.05, 0.1) is 41.4 Å². The minimum Gasteiger partial charge on any atom is -0.472 e. The van der Waals surface area contributed by atoms with Crippen molar-refractivity contribution in [2.45, 2.75) is 44.1 Å². The number of aliphatic hydroxyl groups excluding tert-OH is 1. The van der Waals surface area contributed by atoms with Gasteiger partial charge in [-0.25, -0.2) is 4.52 Å². The second-order valence-corrected chi connectivity index (χ2v) is 10.2. The maximum absolute atomic E-state index is 12.9. The molecule has 2 N–H and O–H groups in total. The minimum atomic E-state index is -0.329. The number of pyridine rings is 1. The van der Waals surface area contributed by atoms with E-state index in [0.717, 1.165) is 42.4 Å². The molecule has 3 atom stereocenters. The Morgan fingerprint density at radius 2 is 2.09 bits per heavy atom. The average Bonchev–Trinajstić information content (AvgIpc) is 3.72. The van der Waals surface area contributed by atoms with Gasteiger partial charge in [0.25, 0.3) is 5.91 Å². The molecule has 3 aromatic rings. The first-order valence-corrected chi connectivity index (χ1v) is 12.4. The zero-order chi connectivity index (χ0) is 23.4. The lowest BCUT2D eigenvalue weighted by Gasteiger charge is -2.25. The number of hydrogen-bond acceptors (Lipinski definition) is 5. The number of nitrogens with one attached hydrogen (secondary N) is 1. The highest BCUT2D eigenvalue weighted by molar-refractivity contribution is 6.37. The molecule has 3 aliphatic carbocycles. The van der Waals surface area contributed by atoms with Gasteiger partial charge in [0.15, 0.2) is 5.69 Å². The van der Waals surface area contributed by atoms with E-state index >= 15 is 0 Å². The molecule has 1 unspecified atom stereocenters. The van der Waals surface area contributed by atoms with Gasteiger partial charge in [0, 0.05) is 18.7 Å². The molecule has 0 bridgehead atoms. The maximum Gasteiger partial charge on any atom is 0.276 e. The number of carbonyl (C=O) groups is 2. The first kappa shape index (κ1) is 21.7. The van der Waals surface area contributed by atoms with Crippen molar-refractivity contribution in [3.05, 3.63) is 47.0 Å². The summed E-state index contributed by atoms with van der Waals surface area (Å²) in [5.74, 6) is 1.70. The largest absolute Gasteiger partial charge is 0.472 e. The van der Waals surface area contributed by atoms with Gasteiger partial charge in [-0.05, 0) is 73.6 Å². The van der Waals surface area contributed by atoms with Crippen LogP contribution < -0.4 is 5.32 Å². The van der Waals surface area contributed by atoms with E-state index < -0.39 is 0 Å². The molecule has 1 aliphatic heterocycles. The van der Waals surface area contributed by atoms with Crippen LogP contribution >= 0.6 is 11.6 Å². The zero-order valence-corrected chi connectivity index (χ0v) is 19.5. The van der Waals surface area contributed by atoms with Gasteiger partial charge in [-0.1, -0.05) is 11.6 Å². The number of aromatic nitrogens is 2.